The van der Waals surface area contributed by atoms with Crippen LogP contribution in [0.1, 0.15) is 11.1 Å². The van der Waals surface area contributed by atoms with E-state index in [4.69, 9.17) is 0 Å². The summed E-state index contributed by atoms with van der Waals surface area (Å²) >= 11 is 0. The van der Waals surface area contributed by atoms with E-state index < -0.39 is 0 Å². The number of aromatic nitrogens is 2. The second kappa shape index (κ2) is 7.42. The van der Waals surface area contributed by atoms with Crippen LogP contribution in [0.2, 0.25) is 0 Å². The summed E-state index contributed by atoms with van der Waals surface area (Å²) in [6.45, 7) is 3.84. The first-order valence-electron chi connectivity index (χ1n) is 6.86. The van der Waals surface area contributed by atoms with Gasteiger partial charge in [0.1, 0.15) is 5.82 Å². The molecule has 1 heterocycles. The molecule has 0 amide bonds. The van der Waals surface area contributed by atoms with Gasteiger partial charge in [-0.25, -0.2) is 4.39 Å². The molecule has 2 rings (SSSR count). The van der Waals surface area contributed by atoms with Crippen molar-refractivity contribution in [2.24, 2.45) is 4.99 Å². The summed E-state index contributed by atoms with van der Waals surface area (Å²) in [5, 5.41) is 10.5. The second-order valence-electron chi connectivity index (χ2n) is 4.72. The monoisotopic (exact) mass is 289 g/mol. The third kappa shape index (κ3) is 4.59. The van der Waals surface area contributed by atoms with E-state index in [1.165, 1.54) is 6.07 Å². The van der Waals surface area contributed by atoms with Crippen LogP contribution in [0.3, 0.4) is 0 Å². The van der Waals surface area contributed by atoms with Crippen LogP contribution in [0.25, 0.3) is 0 Å². The highest BCUT2D eigenvalue weighted by Crippen LogP contribution is 2.05. The minimum Gasteiger partial charge on any atom is -0.355 e. The summed E-state index contributed by atoms with van der Waals surface area (Å²) in [7, 11) is 1.69. The van der Waals surface area contributed by atoms with E-state index in [1.54, 1.807) is 19.2 Å². The molecule has 0 aliphatic heterocycles. The van der Waals surface area contributed by atoms with Crippen molar-refractivity contribution in [2.45, 2.75) is 20.0 Å². The van der Waals surface area contributed by atoms with Crippen LogP contribution in [0.15, 0.2) is 41.7 Å². The van der Waals surface area contributed by atoms with Gasteiger partial charge >= 0.3 is 0 Å². The molecule has 0 aliphatic carbocycles. The third-order valence-corrected chi connectivity index (χ3v) is 3.02. The molecule has 2 N–H and O–H groups in total. The molecule has 0 radical (unpaired) electrons. The van der Waals surface area contributed by atoms with E-state index in [0.29, 0.717) is 24.6 Å². The maximum Gasteiger partial charge on any atom is 0.191 e. The molecular weight excluding hydrogens is 269 g/mol. The molecule has 0 spiro atoms. The largest absolute Gasteiger partial charge is 0.355 e. The molecule has 2 aromatic rings. The Morgan fingerprint density at radius 1 is 1.33 bits per heavy atom. The number of aryl methyl sites for hydroxylation is 1. The van der Waals surface area contributed by atoms with Crippen molar-refractivity contribution < 1.29 is 4.39 Å². The SMILES string of the molecule is CN=C(NCCn1cc(C)cn1)NCc1ccccc1F. The lowest BCUT2D eigenvalue weighted by molar-refractivity contribution is 0.591. The number of guanidine groups is 1. The smallest absolute Gasteiger partial charge is 0.191 e. The molecule has 0 atom stereocenters. The minimum atomic E-state index is -0.215. The maximum atomic E-state index is 13.5. The van der Waals surface area contributed by atoms with Crippen molar-refractivity contribution in [3.8, 4) is 0 Å². The topological polar surface area (TPSA) is 54.2 Å². The Hall–Kier alpha value is -2.37. The predicted octanol–water partition coefficient (Wildman–Crippen LogP) is 1.70. The quantitative estimate of drug-likeness (QED) is 0.650. The zero-order valence-electron chi connectivity index (χ0n) is 12.3. The zero-order valence-corrected chi connectivity index (χ0v) is 12.3. The van der Waals surface area contributed by atoms with Crippen LogP contribution >= 0.6 is 0 Å². The zero-order chi connectivity index (χ0) is 15.1. The Balaban J connectivity index is 1.77. The predicted molar refractivity (Wildman–Crippen MR) is 81.6 cm³/mol. The molecule has 0 saturated carbocycles. The standard InChI is InChI=1S/C15H20FN5/c1-12-9-20-21(11-12)8-7-18-15(17-2)19-10-13-5-3-4-6-14(13)16/h3-6,9,11H,7-8,10H2,1-2H3,(H2,17,18,19). The van der Waals surface area contributed by atoms with Gasteiger partial charge in [-0.1, -0.05) is 18.2 Å². The average molecular weight is 289 g/mol. The van der Waals surface area contributed by atoms with Crippen molar-refractivity contribution in [2.75, 3.05) is 13.6 Å². The van der Waals surface area contributed by atoms with Gasteiger partial charge in [0, 0.05) is 31.9 Å². The normalized spacial score (nSPS) is 11.5. The van der Waals surface area contributed by atoms with Crippen LogP contribution in [-0.2, 0) is 13.1 Å². The van der Waals surface area contributed by atoms with Gasteiger partial charge in [-0.2, -0.15) is 5.10 Å². The number of benzene rings is 1. The molecule has 0 unspecified atom stereocenters. The van der Waals surface area contributed by atoms with Crippen LogP contribution in [-0.4, -0.2) is 29.3 Å². The van der Waals surface area contributed by atoms with Crippen molar-refractivity contribution >= 4 is 5.96 Å². The first-order chi connectivity index (χ1) is 10.2. The Bertz CT molecular complexity index is 606. The van der Waals surface area contributed by atoms with Gasteiger partial charge in [0.15, 0.2) is 5.96 Å². The number of rotatable bonds is 5. The van der Waals surface area contributed by atoms with Crippen molar-refractivity contribution in [3.63, 3.8) is 0 Å². The van der Waals surface area contributed by atoms with Crippen LogP contribution in [0, 0.1) is 12.7 Å². The molecule has 0 bridgehead atoms. The summed E-state index contributed by atoms with van der Waals surface area (Å²) in [4.78, 5) is 4.11. The Morgan fingerprint density at radius 3 is 2.81 bits per heavy atom. The maximum absolute atomic E-state index is 13.5. The fourth-order valence-electron chi connectivity index (χ4n) is 1.92. The molecule has 1 aromatic carbocycles. The van der Waals surface area contributed by atoms with Crippen LogP contribution < -0.4 is 10.6 Å². The van der Waals surface area contributed by atoms with Gasteiger partial charge < -0.3 is 10.6 Å². The number of nitrogens with one attached hydrogen (secondary N) is 2. The van der Waals surface area contributed by atoms with Crippen molar-refractivity contribution in [1.29, 1.82) is 0 Å². The minimum absolute atomic E-state index is 0.215. The number of hydrogen-bond donors (Lipinski definition) is 2. The fraction of sp³-hybridized carbons (Fsp3) is 0.333. The lowest BCUT2D eigenvalue weighted by Gasteiger charge is -2.12. The Labute approximate surface area is 123 Å². The van der Waals surface area contributed by atoms with Crippen molar-refractivity contribution in [1.82, 2.24) is 20.4 Å². The highest BCUT2D eigenvalue weighted by molar-refractivity contribution is 5.79. The van der Waals surface area contributed by atoms with Gasteiger partial charge in [0.25, 0.3) is 0 Å². The summed E-state index contributed by atoms with van der Waals surface area (Å²) in [6.07, 6.45) is 3.81. The molecule has 0 aliphatic rings. The summed E-state index contributed by atoms with van der Waals surface area (Å²) in [5.41, 5.74) is 1.75. The first-order valence-corrected chi connectivity index (χ1v) is 6.86. The molecular formula is C15H20FN5. The molecule has 5 nitrogen and oxygen atoms in total. The van der Waals surface area contributed by atoms with Crippen LogP contribution in [0.4, 0.5) is 4.39 Å². The first kappa shape index (κ1) is 15.0. The molecule has 0 fully saturated rings. The van der Waals surface area contributed by atoms with Crippen LogP contribution in [0.5, 0.6) is 0 Å². The van der Waals surface area contributed by atoms with Crippen molar-refractivity contribution in [3.05, 3.63) is 53.6 Å². The highest BCUT2D eigenvalue weighted by atomic mass is 19.1. The van der Waals surface area contributed by atoms with Gasteiger partial charge in [0.2, 0.25) is 0 Å². The van der Waals surface area contributed by atoms with E-state index in [1.807, 2.05) is 30.1 Å². The van der Waals surface area contributed by atoms with Gasteiger partial charge in [0.05, 0.1) is 12.7 Å². The third-order valence-electron chi connectivity index (χ3n) is 3.02. The van der Waals surface area contributed by atoms with Gasteiger partial charge in [-0.15, -0.1) is 0 Å². The fourth-order valence-corrected chi connectivity index (χ4v) is 1.92. The average Bonchev–Trinajstić information content (AvgIpc) is 2.90. The Morgan fingerprint density at radius 2 is 2.14 bits per heavy atom. The Kier molecular flexibility index (Phi) is 5.31. The van der Waals surface area contributed by atoms with E-state index in [0.717, 1.165) is 12.1 Å². The van der Waals surface area contributed by atoms with Gasteiger partial charge in [-0.05, 0) is 18.6 Å². The van der Waals surface area contributed by atoms with Gasteiger partial charge in [-0.3, -0.25) is 9.67 Å². The molecule has 0 saturated heterocycles. The van der Waals surface area contributed by atoms with E-state index in [2.05, 4.69) is 20.7 Å². The number of halogens is 1. The lowest BCUT2D eigenvalue weighted by atomic mass is 10.2. The lowest BCUT2D eigenvalue weighted by Crippen LogP contribution is -2.38. The summed E-state index contributed by atoms with van der Waals surface area (Å²) in [5.74, 6) is 0.426. The number of nitrogens with zero attached hydrogens (tertiary/aromatic N) is 3. The number of hydrogen-bond acceptors (Lipinski definition) is 2. The molecule has 6 heteroatoms. The van der Waals surface area contributed by atoms with E-state index >= 15 is 0 Å². The molecule has 1 aromatic heterocycles. The molecule has 112 valence electrons. The molecule has 21 heavy (non-hydrogen) atoms. The van der Waals surface area contributed by atoms with E-state index in [9.17, 15) is 4.39 Å². The van der Waals surface area contributed by atoms with E-state index in [-0.39, 0.29) is 5.82 Å². The summed E-state index contributed by atoms with van der Waals surface area (Å²) < 4.78 is 15.4. The summed E-state index contributed by atoms with van der Waals surface area (Å²) in [6, 6.07) is 6.70. The highest BCUT2D eigenvalue weighted by Gasteiger charge is 2.02. The second-order valence-corrected chi connectivity index (χ2v) is 4.72. The number of aliphatic imine (C=N–C) groups is 1.